The van der Waals surface area contributed by atoms with Crippen molar-refractivity contribution in [3.63, 3.8) is 0 Å². The zero-order valence-electron chi connectivity index (χ0n) is 8.93. The fourth-order valence-corrected chi connectivity index (χ4v) is 2.51. The van der Waals surface area contributed by atoms with E-state index < -0.39 is 0 Å². The van der Waals surface area contributed by atoms with Crippen molar-refractivity contribution in [1.82, 2.24) is 9.55 Å². The van der Waals surface area contributed by atoms with Crippen LogP contribution in [0.4, 0.5) is 0 Å². The maximum atomic E-state index is 12.1. The van der Waals surface area contributed by atoms with E-state index in [2.05, 4.69) is 24.2 Å². The minimum absolute atomic E-state index is 0.00559. The predicted octanol–water partition coefficient (Wildman–Crippen LogP) is 2.25. The van der Waals surface area contributed by atoms with Crippen LogP contribution in [0.15, 0.2) is 28.7 Å². The largest absolute Gasteiger partial charge is 0.294 e. The van der Waals surface area contributed by atoms with E-state index >= 15 is 0 Å². The number of hydrogen-bond donors (Lipinski definition) is 1. The number of thiophene rings is 1. The highest BCUT2D eigenvalue weighted by Crippen LogP contribution is 2.19. The predicted molar refractivity (Wildman–Crippen MR) is 71.6 cm³/mol. The lowest BCUT2D eigenvalue weighted by molar-refractivity contribution is 0.741. The quantitative estimate of drug-likeness (QED) is 0.671. The Morgan fingerprint density at radius 3 is 3.12 bits per heavy atom. The molecule has 0 fully saturated rings. The molecule has 0 N–H and O–H groups in total. The van der Waals surface area contributed by atoms with Gasteiger partial charge in [-0.15, -0.1) is 11.3 Å². The molecule has 0 spiro atoms. The van der Waals surface area contributed by atoms with E-state index in [1.54, 1.807) is 10.9 Å². The minimum Gasteiger partial charge on any atom is -0.294 e. The molecule has 16 heavy (non-hydrogen) atoms. The van der Waals surface area contributed by atoms with Crippen LogP contribution in [-0.4, -0.2) is 15.3 Å². The molecule has 0 aliphatic rings. The van der Waals surface area contributed by atoms with E-state index in [1.165, 1.54) is 11.3 Å². The van der Waals surface area contributed by atoms with Crippen molar-refractivity contribution in [1.29, 1.82) is 0 Å². The first kappa shape index (κ1) is 11.4. The monoisotopic (exact) mass is 252 g/mol. The molecule has 84 valence electrons. The van der Waals surface area contributed by atoms with Gasteiger partial charge in [0.1, 0.15) is 4.70 Å². The maximum Gasteiger partial charge on any atom is 0.271 e. The van der Waals surface area contributed by atoms with Crippen molar-refractivity contribution in [2.24, 2.45) is 0 Å². The summed E-state index contributed by atoms with van der Waals surface area (Å²) < 4.78 is 2.29. The molecule has 2 rings (SSSR count). The molecule has 0 unspecified atom stereocenters. The van der Waals surface area contributed by atoms with E-state index in [9.17, 15) is 4.79 Å². The van der Waals surface area contributed by atoms with Gasteiger partial charge in [-0.1, -0.05) is 6.58 Å². The second-order valence-corrected chi connectivity index (χ2v) is 4.88. The van der Waals surface area contributed by atoms with Crippen LogP contribution in [0.3, 0.4) is 0 Å². The first-order valence-corrected chi connectivity index (χ1v) is 6.35. The Kier molecular flexibility index (Phi) is 3.16. The Hall–Kier alpha value is -1.07. The molecular weight excluding hydrogens is 240 g/mol. The molecule has 0 saturated carbocycles. The van der Waals surface area contributed by atoms with E-state index in [0.29, 0.717) is 17.0 Å². The van der Waals surface area contributed by atoms with Crippen LogP contribution in [0.5, 0.6) is 0 Å². The lowest BCUT2D eigenvalue weighted by Gasteiger charge is -2.05. The van der Waals surface area contributed by atoms with Crippen LogP contribution < -0.4 is 5.56 Å². The highest BCUT2D eigenvalue weighted by Gasteiger charge is 2.08. The second-order valence-electron chi connectivity index (χ2n) is 3.68. The second kappa shape index (κ2) is 4.43. The zero-order chi connectivity index (χ0) is 11.7. The van der Waals surface area contributed by atoms with Gasteiger partial charge in [-0.3, -0.25) is 9.36 Å². The molecule has 0 bridgehead atoms. The summed E-state index contributed by atoms with van der Waals surface area (Å²) in [5.41, 5.74) is 2.77. The van der Waals surface area contributed by atoms with E-state index in [0.717, 1.165) is 16.7 Å². The maximum absolute atomic E-state index is 12.1. The highest BCUT2D eigenvalue weighted by molar-refractivity contribution is 7.80. The van der Waals surface area contributed by atoms with Crippen molar-refractivity contribution in [2.45, 2.75) is 13.5 Å². The Labute approximate surface area is 103 Å². The topological polar surface area (TPSA) is 34.9 Å². The summed E-state index contributed by atoms with van der Waals surface area (Å²) in [7, 11) is 0. The van der Waals surface area contributed by atoms with E-state index in [-0.39, 0.29) is 5.56 Å². The molecule has 0 atom stereocenters. The van der Waals surface area contributed by atoms with Crippen molar-refractivity contribution in [2.75, 3.05) is 5.75 Å². The van der Waals surface area contributed by atoms with Gasteiger partial charge < -0.3 is 0 Å². The van der Waals surface area contributed by atoms with Gasteiger partial charge in [-0.2, -0.15) is 12.6 Å². The number of nitrogens with zero attached hydrogens (tertiary/aromatic N) is 2. The average molecular weight is 252 g/mol. The summed E-state index contributed by atoms with van der Waals surface area (Å²) in [5.74, 6) is 0.577. The van der Waals surface area contributed by atoms with Crippen LogP contribution in [0, 0.1) is 6.92 Å². The van der Waals surface area contributed by atoms with Crippen LogP contribution in [0.1, 0.15) is 5.56 Å². The molecule has 2 aromatic heterocycles. The van der Waals surface area contributed by atoms with Crippen LogP contribution in [-0.2, 0) is 6.54 Å². The normalized spacial score (nSPS) is 10.9. The van der Waals surface area contributed by atoms with Gasteiger partial charge in [-0.25, -0.2) is 4.98 Å². The zero-order valence-corrected chi connectivity index (χ0v) is 10.6. The first-order valence-electron chi connectivity index (χ1n) is 4.84. The number of fused-ring (bicyclic) bond motifs is 1. The molecule has 0 aliphatic heterocycles. The van der Waals surface area contributed by atoms with E-state index in [4.69, 9.17) is 0 Å². The molecule has 0 amide bonds. The third-order valence-electron chi connectivity index (χ3n) is 2.34. The molecule has 5 heteroatoms. The molecule has 2 aromatic rings. The van der Waals surface area contributed by atoms with Gasteiger partial charge >= 0.3 is 0 Å². The third-order valence-corrected chi connectivity index (χ3v) is 3.86. The Morgan fingerprint density at radius 1 is 1.69 bits per heavy atom. The lowest BCUT2D eigenvalue weighted by atomic mass is 10.3. The van der Waals surface area contributed by atoms with Gasteiger partial charge in [0.05, 0.1) is 11.8 Å². The Bertz CT molecular complexity index is 598. The van der Waals surface area contributed by atoms with Gasteiger partial charge in [0, 0.05) is 12.3 Å². The number of aryl methyl sites for hydroxylation is 1. The molecule has 0 aromatic carbocycles. The highest BCUT2D eigenvalue weighted by atomic mass is 32.1. The summed E-state index contributed by atoms with van der Waals surface area (Å²) in [6.07, 6.45) is 1.58. The van der Waals surface area contributed by atoms with Crippen molar-refractivity contribution >= 4 is 34.2 Å². The number of rotatable bonds is 3. The number of hydrogen-bond acceptors (Lipinski definition) is 4. The standard InChI is InChI=1S/C11H12N2OS2/c1-7(4-15)3-13-6-12-9-8(2)5-16-10(9)11(13)14/h5-6,15H,1,3-4H2,2H3. The average Bonchev–Trinajstić information content (AvgIpc) is 2.65. The molecule has 2 heterocycles. The van der Waals surface area contributed by atoms with Gasteiger partial charge in [0.2, 0.25) is 0 Å². The summed E-state index contributed by atoms with van der Waals surface area (Å²) in [6.45, 7) is 6.28. The molecule has 3 nitrogen and oxygen atoms in total. The molecule has 0 saturated heterocycles. The van der Waals surface area contributed by atoms with Gasteiger partial charge in [0.25, 0.3) is 5.56 Å². The molecular formula is C11H12N2OS2. The third kappa shape index (κ3) is 1.92. The van der Waals surface area contributed by atoms with Crippen LogP contribution >= 0.6 is 24.0 Å². The summed E-state index contributed by atoms with van der Waals surface area (Å²) in [6, 6.07) is 0. The number of thiol groups is 1. The summed E-state index contributed by atoms with van der Waals surface area (Å²) >= 11 is 5.57. The summed E-state index contributed by atoms with van der Waals surface area (Å²) in [4.78, 5) is 16.4. The molecule has 0 aliphatic carbocycles. The van der Waals surface area contributed by atoms with Gasteiger partial charge in [-0.05, 0) is 23.4 Å². The van der Waals surface area contributed by atoms with Crippen LogP contribution in [0.25, 0.3) is 10.2 Å². The van der Waals surface area contributed by atoms with Crippen molar-refractivity contribution < 1.29 is 0 Å². The fraction of sp³-hybridized carbons (Fsp3) is 0.273. The SMILES string of the molecule is C=C(CS)Cn1cnc2c(C)csc2c1=O. The van der Waals surface area contributed by atoms with Crippen molar-refractivity contribution in [3.05, 3.63) is 39.8 Å². The Balaban J connectivity index is 2.53. The van der Waals surface area contributed by atoms with Crippen LogP contribution in [0.2, 0.25) is 0 Å². The fourth-order valence-electron chi connectivity index (χ4n) is 1.46. The lowest BCUT2D eigenvalue weighted by Crippen LogP contribution is -2.20. The Morgan fingerprint density at radius 2 is 2.44 bits per heavy atom. The minimum atomic E-state index is 0.00559. The smallest absolute Gasteiger partial charge is 0.271 e. The molecule has 0 radical (unpaired) electrons. The van der Waals surface area contributed by atoms with E-state index in [1.807, 2.05) is 12.3 Å². The summed E-state index contributed by atoms with van der Waals surface area (Å²) in [5, 5.41) is 1.96. The first-order chi connectivity index (χ1) is 7.63. The van der Waals surface area contributed by atoms with Gasteiger partial charge in [0.15, 0.2) is 0 Å². The number of aromatic nitrogens is 2. The van der Waals surface area contributed by atoms with Crippen molar-refractivity contribution in [3.8, 4) is 0 Å².